The number of rotatable bonds is 6. The first-order valence-electron chi connectivity index (χ1n) is 9.56. The van der Waals surface area contributed by atoms with Crippen molar-refractivity contribution in [1.29, 1.82) is 0 Å². The van der Waals surface area contributed by atoms with Crippen molar-refractivity contribution in [2.45, 2.75) is 26.7 Å². The molecule has 1 aliphatic rings. The van der Waals surface area contributed by atoms with Crippen LogP contribution in [0.1, 0.15) is 34.3 Å². The van der Waals surface area contributed by atoms with E-state index in [0.29, 0.717) is 29.6 Å². The number of carbonyl (C=O) groups is 1. The Morgan fingerprint density at radius 3 is 2.61 bits per heavy atom. The lowest BCUT2D eigenvalue weighted by Crippen LogP contribution is -2.26. The summed E-state index contributed by atoms with van der Waals surface area (Å²) in [7, 11) is 0. The van der Waals surface area contributed by atoms with Gasteiger partial charge in [0.05, 0.1) is 0 Å². The van der Waals surface area contributed by atoms with E-state index in [2.05, 4.69) is 15.3 Å². The summed E-state index contributed by atoms with van der Waals surface area (Å²) in [5, 5.41) is 2.97. The van der Waals surface area contributed by atoms with Crippen LogP contribution >= 0.6 is 0 Å². The zero-order chi connectivity index (χ0) is 19.5. The molecule has 1 heterocycles. The van der Waals surface area contributed by atoms with Crippen LogP contribution in [0.25, 0.3) is 11.4 Å². The van der Waals surface area contributed by atoms with Crippen LogP contribution in [-0.2, 0) is 0 Å². The first-order chi connectivity index (χ1) is 13.6. The van der Waals surface area contributed by atoms with Gasteiger partial charge in [0.25, 0.3) is 5.91 Å². The lowest BCUT2D eigenvalue weighted by molar-refractivity contribution is 0.0948. The van der Waals surface area contributed by atoms with Gasteiger partial charge in [-0.1, -0.05) is 36.4 Å². The third-order valence-electron chi connectivity index (χ3n) is 4.97. The standard InChI is InChI=1S/C23H23N3O2/c1-15-8-11-19(12-16(15)2)28-23-20(22(27)25-13-17-9-10-17)14-24-21(26-23)18-6-4-3-5-7-18/h3-8,11-12,14,17H,9-10,13H2,1-2H3,(H,25,27). The van der Waals surface area contributed by atoms with Gasteiger partial charge in [-0.25, -0.2) is 4.98 Å². The number of nitrogens with zero attached hydrogens (tertiary/aromatic N) is 2. The van der Waals surface area contributed by atoms with Gasteiger partial charge < -0.3 is 10.1 Å². The minimum atomic E-state index is -0.203. The molecule has 1 saturated carbocycles. The molecule has 0 saturated heterocycles. The Balaban J connectivity index is 1.67. The lowest BCUT2D eigenvalue weighted by Gasteiger charge is -2.12. The van der Waals surface area contributed by atoms with Gasteiger partial charge in [-0.05, 0) is 55.9 Å². The number of amides is 1. The molecule has 5 heteroatoms. The Kier molecular flexibility index (Phi) is 5.06. The van der Waals surface area contributed by atoms with E-state index in [1.54, 1.807) is 6.20 Å². The Labute approximate surface area is 164 Å². The third kappa shape index (κ3) is 4.19. The number of aryl methyl sites for hydroxylation is 2. The fourth-order valence-electron chi connectivity index (χ4n) is 2.87. The maximum absolute atomic E-state index is 12.7. The molecule has 0 atom stereocenters. The number of carbonyl (C=O) groups excluding carboxylic acids is 1. The molecule has 3 aromatic rings. The fourth-order valence-corrected chi connectivity index (χ4v) is 2.87. The van der Waals surface area contributed by atoms with Gasteiger partial charge in [0.1, 0.15) is 11.3 Å². The highest BCUT2D eigenvalue weighted by Gasteiger charge is 2.24. The van der Waals surface area contributed by atoms with Crippen LogP contribution in [0.15, 0.2) is 54.7 Å². The summed E-state index contributed by atoms with van der Waals surface area (Å²) in [6.07, 6.45) is 3.90. The van der Waals surface area contributed by atoms with Crippen LogP contribution in [0, 0.1) is 19.8 Å². The highest BCUT2D eigenvalue weighted by Crippen LogP contribution is 2.29. The van der Waals surface area contributed by atoms with Crippen LogP contribution < -0.4 is 10.1 Å². The first-order valence-corrected chi connectivity index (χ1v) is 9.56. The summed E-state index contributed by atoms with van der Waals surface area (Å²) in [6, 6.07) is 15.5. The summed E-state index contributed by atoms with van der Waals surface area (Å²) in [4.78, 5) is 21.6. The molecule has 28 heavy (non-hydrogen) atoms. The van der Waals surface area contributed by atoms with Gasteiger partial charge in [-0.2, -0.15) is 4.98 Å². The van der Waals surface area contributed by atoms with Crippen molar-refractivity contribution in [3.05, 3.63) is 71.4 Å². The number of hydrogen-bond acceptors (Lipinski definition) is 4. The van der Waals surface area contributed by atoms with E-state index in [1.165, 1.54) is 18.4 Å². The van der Waals surface area contributed by atoms with Gasteiger partial charge in [0.15, 0.2) is 5.82 Å². The average Bonchev–Trinajstić information content (AvgIpc) is 3.54. The third-order valence-corrected chi connectivity index (χ3v) is 4.97. The van der Waals surface area contributed by atoms with Crippen LogP contribution in [0.5, 0.6) is 11.6 Å². The fraction of sp³-hybridized carbons (Fsp3) is 0.261. The molecule has 0 aliphatic heterocycles. The molecule has 4 rings (SSSR count). The number of aromatic nitrogens is 2. The predicted octanol–water partition coefficient (Wildman–Crippen LogP) is 4.69. The summed E-state index contributed by atoms with van der Waals surface area (Å²) >= 11 is 0. The monoisotopic (exact) mass is 373 g/mol. The van der Waals surface area contributed by atoms with E-state index in [0.717, 1.165) is 11.1 Å². The van der Waals surface area contributed by atoms with Crippen LogP contribution in [-0.4, -0.2) is 22.4 Å². The lowest BCUT2D eigenvalue weighted by atomic mass is 10.1. The summed E-state index contributed by atoms with van der Waals surface area (Å²) < 4.78 is 6.04. The zero-order valence-corrected chi connectivity index (χ0v) is 16.1. The molecule has 0 radical (unpaired) electrons. The van der Waals surface area contributed by atoms with Crippen molar-refractivity contribution >= 4 is 5.91 Å². The average molecular weight is 373 g/mol. The topological polar surface area (TPSA) is 64.1 Å². The van der Waals surface area contributed by atoms with Crippen molar-refractivity contribution in [3.63, 3.8) is 0 Å². The normalized spacial score (nSPS) is 13.2. The molecule has 0 spiro atoms. The van der Waals surface area contributed by atoms with E-state index in [1.807, 2.05) is 62.4 Å². The van der Waals surface area contributed by atoms with E-state index < -0.39 is 0 Å². The van der Waals surface area contributed by atoms with E-state index in [9.17, 15) is 4.79 Å². The Morgan fingerprint density at radius 1 is 1.11 bits per heavy atom. The van der Waals surface area contributed by atoms with Crippen molar-refractivity contribution < 1.29 is 9.53 Å². The predicted molar refractivity (Wildman–Crippen MR) is 109 cm³/mol. The number of ether oxygens (including phenoxy) is 1. The van der Waals surface area contributed by atoms with Crippen molar-refractivity contribution in [2.75, 3.05) is 6.54 Å². The Bertz CT molecular complexity index is 998. The smallest absolute Gasteiger partial charge is 0.258 e. The Hall–Kier alpha value is -3.21. The molecule has 1 fully saturated rings. The minimum Gasteiger partial charge on any atom is -0.438 e. The van der Waals surface area contributed by atoms with E-state index in [-0.39, 0.29) is 11.8 Å². The quantitative estimate of drug-likeness (QED) is 0.681. The first kappa shape index (κ1) is 18.2. The van der Waals surface area contributed by atoms with E-state index >= 15 is 0 Å². The van der Waals surface area contributed by atoms with Gasteiger partial charge in [0.2, 0.25) is 5.88 Å². The molecule has 2 aromatic carbocycles. The second kappa shape index (κ2) is 7.80. The van der Waals surface area contributed by atoms with Gasteiger partial charge in [-0.3, -0.25) is 4.79 Å². The second-order valence-corrected chi connectivity index (χ2v) is 7.28. The SMILES string of the molecule is Cc1ccc(Oc2nc(-c3ccccc3)ncc2C(=O)NCC2CC2)cc1C. The van der Waals surface area contributed by atoms with E-state index in [4.69, 9.17) is 4.74 Å². The number of hydrogen-bond donors (Lipinski definition) is 1. The Morgan fingerprint density at radius 2 is 1.89 bits per heavy atom. The molecular weight excluding hydrogens is 350 g/mol. The molecule has 1 aliphatic carbocycles. The molecule has 5 nitrogen and oxygen atoms in total. The maximum Gasteiger partial charge on any atom is 0.258 e. The van der Waals surface area contributed by atoms with Gasteiger partial charge >= 0.3 is 0 Å². The van der Waals surface area contributed by atoms with Gasteiger partial charge in [0, 0.05) is 18.3 Å². The molecule has 0 bridgehead atoms. The number of benzene rings is 2. The number of nitrogens with one attached hydrogen (secondary N) is 1. The molecule has 1 amide bonds. The van der Waals surface area contributed by atoms with Crippen LogP contribution in [0.2, 0.25) is 0 Å². The van der Waals surface area contributed by atoms with Crippen molar-refractivity contribution in [1.82, 2.24) is 15.3 Å². The van der Waals surface area contributed by atoms with Crippen LogP contribution in [0.4, 0.5) is 0 Å². The largest absolute Gasteiger partial charge is 0.438 e. The molecule has 0 unspecified atom stereocenters. The molecular formula is C23H23N3O2. The molecule has 1 aromatic heterocycles. The second-order valence-electron chi connectivity index (χ2n) is 7.28. The minimum absolute atomic E-state index is 0.203. The maximum atomic E-state index is 12.7. The summed E-state index contributed by atoms with van der Waals surface area (Å²) in [5.41, 5.74) is 3.52. The summed E-state index contributed by atoms with van der Waals surface area (Å²) in [6.45, 7) is 4.76. The zero-order valence-electron chi connectivity index (χ0n) is 16.1. The van der Waals surface area contributed by atoms with Crippen LogP contribution in [0.3, 0.4) is 0 Å². The molecule has 142 valence electrons. The molecule has 1 N–H and O–H groups in total. The van der Waals surface area contributed by atoms with Crippen molar-refractivity contribution in [3.8, 4) is 23.0 Å². The van der Waals surface area contributed by atoms with Crippen molar-refractivity contribution in [2.24, 2.45) is 5.92 Å². The van der Waals surface area contributed by atoms with Gasteiger partial charge in [-0.15, -0.1) is 0 Å². The highest BCUT2D eigenvalue weighted by atomic mass is 16.5. The highest BCUT2D eigenvalue weighted by molar-refractivity contribution is 5.96. The summed E-state index contributed by atoms with van der Waals surface area (Å²) in [5.74, 6) is 1.84.